The second-order valence-electron chi connectivity index (χ2n) is 11.5. The third kappa shape index (κ3) is 6.51. The van der Waals surface area contributed by atoms with E-state index in [2.05, 4.69) is 32.2 Å². The molecule has 0 radical (unpaired) electrons. The number of aliphatic hydroxyl groups is 1. The van der Waals surface area contributed by atoms with Gasteiger partial charge in [0.15, 0.2) is 0 Å². The summed E-state index contributed by atoms with van der Waals surface area (Å²) in [7, 11) is 0. The summed E-state index contributed by atoms with van der Waals surface area (Å²) in [6.07, 6.45) is 2.87. The maximum atomic E-state index is 13.4. The second-order valence-corrected chi connectivity index (χ2v) is 11.5. The number of carbonyl (C=O) groups excluding carboxylic acids is 2. The summed E-state index contributed by atoms with van der Waals surface area (Å²) in [5, 5.41) is 15.5. The predicted molar refractivity (Wildman–Crippen MR) is 150 cm³/mol. The number of ether oxygens (including phenoxy) is 1. The van der Waals surface area contributed by atoms with E-state index in [1.54, 1.807) is 13.8 Å². The molecule has 1 aromatic heterocycles. The van der Waals surface area contributed by atoms with Crippen LogP contribution in [0.3, 0.4) is 0 Å². The van der Waals surface area contributed by atoms with Crippen LogP contribution in [0.4, 0.5) is 10.3 Å². The van der Waals surface area contributed by atoms with E-state index in [9.17, 15) is 19.1 Å². The van der Waals surface area contributed by atoms with Gasteiger partial charge in [0, 0.05) is 37.2 Å². The lowest BCUT2D eigenvalue weighted by Crippen LogP contribution is -2.49. The Morgan fingerprint density at radius 1 is 1.07 bits per heavy atom. The Hall–Kier alpha value is -3.34. The predicted octanol–water partition coefficient (Wildman–Crippen LogP) is 3.88. The van der Waals surface area contributed by atoms with Gasteiger partial charge in [-0.25, -0.2) is 9.37 Å². The number of morpholine rings is 1. The van der Waals surface area contributed by atoms with Crippen molar-refractivity contribution in [3.8, 4) is 0 Å². The lowest BCUT2D eigenvalue weighted by Gasteiger charge is -2.32. The van der Waals surface area contributed by atoms with Crippen LogP contribution >= 0.6 is 0 Å². The average Bonchev–Trinajstić information content (AvgIpc) is 3.30. The average molecular weight is 552 g/mol. The lowest BCUT2D eigenvalue weighted by molar-refractivity contribution is -0.128. The molecule has 3 aromatic rings. The quantitative estimate of drug-likeness (QED) is 0.392. The Balaban J connectivity index is 1.41. The van der Waals surface area contributed by atoms with Gasteiger partial charge >= 0.3 is 0 Å². The number of amides is 2. The molecule has 1 aliphatic carbocycles. The Morgan fingerprint density at radius 2 is 1.77 bits per heavy atom. The Bertz CT molecular complexity index is 1340. The SMILES string of the molecule is CC(C)(CO)NC(=O)C1CCC(n2c(NC(=O)c3ccc(F)cc3)nc3ccc(CN4CCOCC4)cc32)CC1. The van der Waals surface area contributed by atoms with Gasteiger partial charge in [-0.05, 0) is 81.5 Å². The standard InChI is InChI=1S/C30H38FN5O4/c1-30(2,19-37)34-28(39)22-6-10-24(11-7-22)36-26-17-20(18-35-13-15-40-16-14-35)3-12-25(26)32-29(36)33-27(38)21-4-8-23(31)9-5-21/h3-5,8-9,12,17,22,24,37H,6-7,10-11,13-16,18-19H2,1-2H3,(H,34,39)(H,32,33,38). The minimum atomic E-state index is -0.664. The third-order valence-corrected chi connectivity index (χ3v) is 7.89. The molecule has 2 fully saturated rings. The highest BCUT2D eigenvalue weighted by Crippen LogP contribution is 2.37. The van der Waals surface area contributed by atoms with Gasteiger partial charge in [0.1, 0.15) is 5.82 Å². The number of carbonyl (C=O) groups is 2. The van der Waals surface area contributed by atoms with E-state index in [1.165, 1.54) is 24.3 Å². The molecule has 2 heterocycles. The fourth-order valence-corrected chi connectivity index (χ4v) is 5.56. The number of hydrogen-bond donors (Lipinski definition) is 3. The van der Waals surface area contributed by atoms with Gasteiger partial charge in [-0.15, -0.1) is 0 Å². The van der Waals surface area contributed by atoms with E-state index in [1.807, 2.05) is 6.07 Å². The first-order valence-corrected chi connectivity index (χ1v) is 14.0. The van der Waals surface area contributed by atoms with Gasteiger partial charge in [-0.2, -0.15) is 0 Å². The highest BCUT2D eigenvalue weighted by molar-refractivity contribution is 6.04. The number of rotatable bonds is 8. The van der Waals surface area contributed by atoms with Crippen molar-refractivity contribution in [1.29, 1.82) is 0 Å². The highest BCUT2D eigenvalue weighted by atomic mass is 19.1. The molecule has 0 unspecified atom stereocenters. The molecule has 2 amide bonds. The number of aromatic nitrogens is 2. The zero-order chi connectivity index (χ0) is 28.3. The minimum Gasteiger partial charge on any atom is -0.394 e. The number of benzene rings is 2. The molecule has 0 atom stereocenters. The Labute approximate surface area is 233 Å². The summed E-state index contributed by atoms with van der Waals surface area (Å²) in [6, 6.07) is 11.7. The van der Waals surface area contributed by atoms with Crippen LogP contribution in [-0.4, -0.2) is 69.8 Å². The summed E-state index contributed by atoms with van der Waals surface area (Å²) in [4.78, 5) is 33.1. The van der Waals surface area contributed by atoms with E-state index >= 15 is 0 Å². The maximum absolute atomic E-state index is 13.4. The smallest absolute Gasteiger partial charge is 0.257 e. The summed E-state index contributed by atoms with van der Waals surface area (Å²) in [5.74, 6) is -0.483. The first-order valence-electron chi connectivity index (χ1n) is 14.0. The van der Waals surface area contributed by atoms with E-state index in [0.29, 0.717) is 24.4 Å². The van der Waals surface area contributed by atoms with E-state index in [-0.39, 0.29) is 30.4 Å². The number of aliphatic hydroxyl groups excluding tert-OH is 1. The van der Waals surface area contributed by atoms with Crippen LogP contribution in [0.25, 0.3) is 11.0 Å². The summed E-state index contributed by atoms with van der Waals surface area (Å²) < 4.78 is 21.0. The van der Waals surface area contributed by atoms with Gasteiger partial charge < -0.3 is 19.7 Å². The van der Waals surface area contributed by atoms with Gasteiger partial charge in [0.25, 0.3) is 5.91 Å². The molecule has 0 spiro atoms. The van der Waals surface area contributed by atoms with Crippen molar-refractivity contribution in [3.05, 3.63) is 59.4 Å². The fourth-order valence-electron chi connectivity index (χ4n) is 5.56. The van der Waals surface area contributed by atoms with Crippen LogP contribution in [0, 0.1) is 11.7 Å². The maximum Gasteiger partial charge on any atom is 0.257 e. The molecule has 10 heteroatoms. The molecule has 40 heavy (non-hydrogen) atoms. The van der Waals surface area contributed by atoms with Crippen LogP contribution in [0.5, 0.6) is 0 Å². The number of nitrogens with zero attached hydrogens (tertiary/aromatic N) is 3. The Kier molecular flexibility index (Phi) is 8.48. The lowest BCUT2D eigenvalue weighted by atomic mass is 9.84. The van der Waals surface area contributed by atoms with Crippen molar-refractivity contribution in [2.24, 2.45) is 5.92 Å². The number of fused-ring (bicyclic) bond motifs is 1. The Morgan fingerprint density at radius 3 is 2.45 bits per heavy atom. The zero-order valence-electron chi connectivity index (χ0n) is 23.2. The molecule has 1 aliphatic heterocycles. The molecule has 3 N–H and O–H groups in total. The summed E-state index contributed by atoms with van der Waals surface area (Å²) in [6.45, 7) is 7.51. The van der Waals surface area contributed by atoms with Crippen LogP contribution in [0.1, 0.15) is 61.5 Å². The van der Waals surface area contributed by atoms with Crippen LogP contribution < -0.4 is 10.6 Å². The molecule has 2 aliphatic rings. The van der Waals surface area contributed by atoms with Crippen molar-refractivity contribution in [3.63, 3.8) is 0 Å². The topological polar surface area (TPSA) is 109 Å². The number of anilines is 1. The minimum absolute atomic E-state index is 0.0365. The first-order chi connectivity index (χ1) is 19.2. The molecule has 0 bridgehead atoms. The third-order valence-electron chi connectivity index (χ3n) is 7.89. The number of halogens is 1. The van der Waals surface area contributed by atoms with Crippen molar-refractivity contribution in [1.82, 2.24) is 19.8 Å². The zero-order valence-corrected chi connectivity index (χ0v) is 23.2. The fraction of sp³-hybridized carbons (Fsp3) is 0.500. The summed E-state index contributed by atoms with van der Waals surface area (Å²) >= 11 is 0. The van der Waals surface area contributed by atoms with Crippen molar-refractivity contribution in [2.45, 2.75) is 57.7 Å². The molecule has 9 nitrogen and oxygen atoms in total. The molecular formula is C30H38FN5O4. The van der Waals surface area contributed by atoms with Crippen LogP contribution in [0.2, 0.25) is 0 Å². The van der Waals surface area contributed by atoms with Crippen molar-refractivity contribution >= 4 is 28.8 Å². The first kappa shape index (κ1) is 28.2. The molecule has 5 rings (SSSR count). The van der Waals surface area contributed by atoms with E-state index < -0.39 is 11.4 Å². The van der Waals surface area contributed by atoms with Crippen molar-refractivity contribution in [2.75, 3.05) is 38.2 Å². The van der Waals surface area contributed by atoms with E-state index in [0.717, 1.165) is 62.3 Å². The molecule has 1 saturated carbocycles. The second kappa shape index (κ2) is 12.0. The normalized spacial score (nSPS) is 20.4. The largest absolute Gasteiger partial charge is 0.394 e. The van der Waals surface area contributed by atoms with Gasteiger partial charge in [0.2, 0.25) is 11.9 Å². The molecular weight excluding hydrogens is 513 g/mol. The van der Waals surface area contributed by atoms with Crippen LogP contribution in [0.15, 0.2) is 42.5 Å². The molecule has 2 aromatic carbocycles. The highest BCUT2D eigenvalue weighted by Gasteiger charge is 2.32. The van der Waals surface area contributed by atoms with Gasteiger partial charge in [0.05, 0.1) is 36.4 Å². The summed E-state index contributed by atoms with van der Waals surface area (Å²) in [5.41, 5.74) is 2.56. The van der Waals surface area contributed by atoms with Crippen LogP contribution in [-0.2, 0) is 16.1 Å². The monoisotopic (exact) mass is 551 g/mol. The molecule has 214 valence electrons. The van der Waals surface area contributed by atoms with Gasteiger partial charge in [-0.3, -0.25) is 19.8 Å². The van der Waals surface area contributed by atoms with E-state index in [4.69, 9.17) is 9.72 Å². The van der Waals surface area contributed by atoms with Gasteiger partial charge in [-0.1, -0.05) is 6.07 Å². The van der Waals surface area contributed by atoms with Crippen molar-refractivity contribution < 1.29 is 23.8 Å². The number of nitrogens with one attached hydrogen (secondary N) is 2. The number of imidazole rings is 1. The molecule has 1 saturated heterocycles. The number of hydrogen-bond acceptors (Lipinski definition) is 6.